The lowest BCUT2D eigenvalue weighted by Gasteiger charge is -2.16. The molecule has 1 aliphatic carbocycles. The Morgan fingerprint density at radius 1 is 1.43 bits per heavy atom. The van der Waals surface area contributed by atoms with Crippen molar-refractivity contribution in [3.8, 4) is 0 Å². The standard InChI is InChI=1S/C14H18N2O3S2/c1-16(9-11-4-6-19-10-11)21(17,18)14-5-7-20-13(14)8-15-12-2-3-12/h4-7,10,12,15H,2-3,8-9H2,1H3. The Balaban J connectivity index is 1.75. The summed E-state index contributed by atoms with van der Waals surface area (Å²) in [5.41, 5.74) is 0.842. The molecule has 5 nitrogen and oxygen atoms in total. The maximum atomic E-state index is 12.7. The predicted octanol–water partition coefficient (Wildman–Crippen LogP) is 2.41. The van der Waals surface area contributed by atoms with E-state index in [-0.39, 0.29) is 0 Å². The molecule has 0 saturated heterocycles. The second-order valence-corrected chi connectivity index (χ2v) is 8.27. The molecule has 0 unspecified atom stereocenters. The first-order valence-corrected chi connectivity index (χ1v) is 9.16. The fraction of sp³-hybridized carbons (Fsp3) is 0.429. The topological polar surface area (TPSA) is 62.6 Å². The largest absolute Gasteiger partial charge is 0.472 e. The highest BCUT2D eigenvalue weighted by Gasteiger charge is 2.26. The molecule has 0 atom stereocenters. The van der Waals surface area contributed by atoms with Crippen LogP contribution in [0.3, 0.4) is 0 Å². The third-order valence-corrected chi connectivity index (χ3v) is 6.44. The lowest BCUT2D eigenvalue weighted by molar-refractivity contribution is 0.462. The monoisotopic (exact) mass is 326 g/mol. The van der Waals surface area contributed by atoms with E-state index in [1.165, 1.54) is 28.5 Å². The van der Waals surface area contributed by atoms with Crippen LogP contribution in [0.4, 0.5) is 0 Å². The molecule has 0 bridgehead atoms. The van der Waals surface area contributed by atoms with Crippen molar-refractivity contribution in [2.24, 2.45) is 0 Å². The maximum Gasteiger partial charge on any atom is 0.244 e. The molecule has 21 heavy (non-hydrogen) atoms. The number of thiophene rings is 1. The number of nitrogens with one attached hydrogen (secondary N) is 1. The second-order valence-electron chi connectivity index (χ2n) is 5.26. The van der Waals surface area contributed by atoms with Crippen molar-refractivity contribution in [1.29, 1.82) is 0 Å². The molecule has 0 aromatic carbocycles. The van der Waals surface area contributed by atoms with Crippen molar-refractivity contribution >= 4 is 21.4 Å². The molecule has 0 radical (unpaired) electrons. The fourth-order valence-corrected chi connectivity index (χ4v) is 4.63. The molecule has 7 heteroatoms. The first kappa shape index (κ1) is 14.8. The molecule has 0 amide bonds. The molecule has 2 aromatic heterocycles. The molecular formula is C14H18N2O3S2. The van der Waals surface area contributed by atoms with Gasteiger partial charge in [0.05, 0.1) is 17.4 Å². The number of hydrogen-bond donors (Lipinski definition) is 1. The van der Waals surface area contributed by atoms with Crippen LogP contribution in [0.15, 0.2) is 39.4 Å². The molecular weight excluding hydrogens is 308 g/mol. The van der Waals surface area contributed by atoms with E-state index < -0.39 is 10.0 Å². The molecule has 0 aliphatic heterocycles. The Kier molecular flexibility index (Phi) is 4.17. The zero-order valence-corrected chi connectivity index (χ0v) is 13.4. The molecule has 3 rings (SSSR count). The summed E-state index contributed by atoms with van der Waals surface area (Å²) in [6, 6.07) is 4.02. The molecule has 1 fully saturated rings. The first-order valence-electron chi connectivity index (χ1n) is 6.84. The first-order chi connectivity index (χ1) is 10.1. The Labute approximate surface area is 128 Å². The molecule has 0 spiro atoms. The van der Waals surface area contributed by atoms with Crippen LogP contribution in [0.1, 0.15) is 23.3 Å². The Morgan fingerprint density at radius 2 is 2.24 bits per heavy atom. The molecule has 1 N–H and O–H groups in total. The highest BCUT2D eigenvalue weighted by atomic mass is 32.2. The van der Waals surface area contributed by atoms with Crippen LogP contribution in [-0.2, 0) is 23.1 Å². The van der Waals surface area contributed by atoms with Crippen LogP contribution < -0.4 is 5.32 Å². The van der Waals surface area contributed by atoms with E-state index in [1.807, 2.05) is 5.38 Å². The van der Waals surface area contributed by atoms with Crippen molar-refractivity contribution in [3.05, 3.63) is 40.5 Å². The highest BCUT2D eigenvalue weighted by Crippen LogP contribution is 2.27. The number of rotatable bonds is 7. The van der Waals surface area contributed by atoms with Crippen LogP contribution in [0.2, 0.25) is 0 Å². The van der Waals surface area contributed by atoms with E-state index in [9.17, 15) is 8.42 Å². The van der Waals surface area contributed by atoms with Gasteiger partial charge in [0.2, 0.25) is 10.0 Å². The molecule has 2 heterocycles. The third-order valence-electron chi connectivity index (χ3n) is 3.51. The van der Waals surface area contributed by atoms with E-state index in [0.717, 1.165) is 10.4 Å². The van der Waals surface area contributed by atoms with Gasteiger partial charge < -0.3 is 9.73 Å². The minimum absolute atomic E-state index is 0.310. The van der Waals surface area contributed by atoms with Gasteiger partial charge in [-0.3, -0.25) is 0 Å². The van der Waals surface area contributed by atoms with E-state index in [1.54, 1.807) is 31.7 Å². The Hall–Kier alpha value is -1.15. The van der Waals surface area contributed by atoms with Gasteiger partial charge in [0.25, 0.3) is 0 Å². The van der Waals surface area contributed by atoms with Crippen LogP contribution in [0, 0.1) is 0 Å². The Bertz CT molecular complexity index is 688. The SMILES string of the molecule is CN(Cc1ccoc1)S(=O)(=O)c1ccsc1CNC1CC1. The third kappa shape index (κ3) is 3.37. The molecule has 2 aromatic rings. The average Bonchev–Trinajstić information content (AvgIpc) is 2.93. The van der Waals surface area contributed by atoms with Gasteiger partial charge in [0.1, 0.15) is 0 Å². The normalized spacial score (nSPS) is 15.7. The molecule has 1 saturated carbocycles. The highest BCUT2D eigenvalue weighted by molar-refractivity contribution is 7.89. The lowest BCUT2D eigenvalue weighted by Crippen LogP contribution is -2.27. The number of furan rings is 1. The van der Waals surface area contributed by atoms with Crippen LogP contribution in [0.5, 0.6) is 0 Å². The zero-order valence-electron chi connectivity index (χ0n) is 11.8. The minimum Gasteiger partial charge on any atom is -0.472 e. The van der Waals surface area contributed by atoms with E-state index in [0.29, 0.717) is 24.0 Å². The quantitative estimate of drug-likeness (QED) is 0.849. The summed E-state index contributed by atoms with van der Waals surface area (Å²) >= 11 is 1.48. The fourth-order valence-electron chi connectivity index (χ4n) is 2.10. The van der Waals surface area contributed by atoms with Gasteiger partial charge in [0, 0.05) is 36.6 Å². The van der Waals surface area contributed by atoms with Crippen molar-refractivity contribution in [1.82, 2.24) is 9.62 Å². The summed E-state index contributed by atoms with van der Waals surface area (Å²) in [4.78, 5) is 1.28. The van der Waals surface area contributed by atoms with Gasteiger partial charge in [-0.15, -0.1) is 11.3 Å². The summed E-state index contributed by atoms with van der Waals surface area (Å²) in [5.74, 6) is 0. The summed E-state index contributed by atoms with van der Waals surface area (Å²) in [6.45, 7) is 0.931. The number of nitrogens with zero attached hydrogens (tertiary/aromatic N) is 1. The summed E-state index contributed by atoms with van der Waals surface area (Å²) in [6.07, 6.45) is 5.49. The second kappa shape index (κ2) is 5.92. The van der Waals surface area contributed by atoms with Crippen LogP contribution in [0.25, 0.3) is 0 Å². The van der Waals surface area contributed by atoms with Crippen LogP contribution >= 0.6 is 11.3 Å². The lowest BCUT2D eigenvalue weighted by atomic mass is 10.3. The minimum atomic E-state index is -3.47. The van der Waals surface area contributed by atoms with Gasteiger partial charge in [-0.25, -0.2) is 8.42 Å². The zero-order chi connectivity index (χ0) is 14.9. The number of hydrogen-bond acceptors (Lipinski definition) is 5. The molecule has 1 aliphatic rings. The van der Waals surface area contributed by atoms with Crippen molar-refractivity contribution in [3.63, 3.8) is 0 Å². The maximum absolute atomic E-state index is 12.7. The van der Waals surface area contributed by atoms with Crippen molar-refractivity contribution < 1.29 is 12.8 Å². The van der Waals surface area contributed by atoms with Crippen molar-refractivity contribution in [2.75, 3.05) is 7.05 Å². The Morgan fingerprint density at radius 3 is 2.90 bits per heavy atom. The van der Waals surface area contributed by atoms with E-state index >= 15 is 0 Å². The van der Waals surface area contributed by atoms with Crippen molar-refractivity contribution in [2.45, 2.75) is 36.9 Å². The van der Waals surface area contributed by atoms with Gasteiger partial charge >= 0.3 is 0 Å². The average molecular weight is 326 g/mol. The van der Waals surface area contributed by atoms with E-state index in [4.69, 9.17) is 4.42 Å². The summed E-state index contributed by atoms with van der Waals surface area (Å²) in [7, 11) is -1.87. The van der Waals surface area contributed by atoms with Gasteiger partial charge in [-0.1, -0.05) is 0 Å². The number of sulfonamides is 1. The predicted molar refractivity (Wildman–Crippen MR) is 81.5 cm³/mol. The summed E-state index contributed by atoms with van der Waals surface area (Å²) in [5, 5.41) is 5.20. The van der Waals surface area contributed by atoms with Gasteiger partial charge in [-0.2, -0.15) is 4.31 Å². The summed E-state index contributed by atoms with van der Waals surface area (Å²) < 4.78 is 31.7. The van der Waals surface area contributed by atoms with Gasteiger partial charge in [-0.05, 0) is 30.4 Å². The van der Waals surface area contributed by atoms with Crippen LogP contribution in [-0.4, -0.2) is 25.8 Å². The van der Waals surface area contributed by atoms with E-state index in [2.05, 4.69) is 5.32 Å². The molecule has 114 valence electrons. The van der Waals surface area contributed by atoms with Gasteiger partial charge in [0.15, 0.2) is 0 Å². The smallest absolute Gasteiger partial charge is 0.244 e.